The van der Waals surface area contributed by atoms with E-state index in [4.69, 9.17) is 16.0 Å². The summed E-state index contributed by atoms with van der Waals surface area (Å²) in [5.74, 6) is 0.596. The zero-order chi connectivity index (χ0) is 19.3. The fourth-order valence-corrected chi connectivity index (χ4v) is 3.61. The van der Waals surface area contributed by atoms with Crippen molar-refractivity contribution in [3.05, 3.63) is 93.5 Å². The van der Waals surface area contributed by atoms with Gasteiger partial charge in [0.05, 0.1) is 6.42 Å². The van der Waals surface area contributed by atoms with Crippen LogP contribution in [0.15, 0.2) is 76.5 Å². The molecule has 2 aromatic carbocycles. The number of benzene rings is 2. The Kier molecular flexibility index (Phi) is 5.50. The lowest BCUT2D eigenvalue weighted by Crippen LogP contribution is -2.30. The molecule has 0 fully saturated rings. The Morgan fingerprint density at radius 1 is 1.04 bits per heavy atom. The Hall–Kier alpha value is -2.96. The second-order valence-electron chi connectivity index (χ2n) is 6.12. The van der Waals surface area contributed by atoms with Gasteiger partial charge in [0.1, 0.15) is 6.04 Å². The van der Waals surface area contributed by atoms with E-state index in [2.05, 4.69) is 15.5 Å². The minimum atomic E-state index is -0.526. The number of hydrogen-bond acceptors (Lipinski definition) is 5. The van der Waals surface area contributed by atoms with Crippen LogP contribution >= 0.6 is 22.9 Å². The molecule has 1 amide bonds. The molecule has 4 rings (SSSR count). The number of thiophene rings is 1. The van der Waals surface area contributed by atoms with Gasteiger partial charge in [-0.2, -0.15) is 0 Å². The van der Waals surface area contributed by atoms with Crippen molar-refractivity contribution in [2.75, 3.05) is 0 Å². The highest BCUT2D eigenvalue weighted by Crippen LogP contribution is 2.26. The molecule has 0 aliphatic heterocycles. The first-order valence-electron chi connectivity index (χ1n) is 8.65. The number of amides is 1. The molecule has 0 bridgehead atoms. The van der Waals surface area contributed by atoms with E-state index in [0.717, 1.165) is 16.0 Å². The molecule has 1 atom stereocenters. The molecule has 0 saturated heterocycles. The highest BCUT2D eigenvalue weighted by Gasteiger charge is 2.23. The Bertz CT molecular complexity index is 1050. The second kappa shape index (κ2) is 8.37. The third-order valence-electron chi connectivity index (χ3n) is 4.13. The van der Waals surface area contributed by atoms with E-state index in [1.807, 2.05) is 60.0 Å². The molecule has 0 saturated carbocycles. The lowest BCUT2D eigenvalue weighted by Gasteiger charge is -2.15. The van der Waals surface area contributed by atoms with E-state index in [0.29, 0.717) is 23.2 Å². The van der Waals surface area contributed by atoms with Gasteiger partial charge in [-0.05, 0) is 41.3 Å². The summed E-state index contributed by atoms with van der Waals surface area (Å²) < 4.78 is 5.88. The molecule has 5 nitrogen and oxygen atoms in total. The van der Waals surface area contributed by atoms with Gasteiger partial charge >= 0.3 is 0 Å². The second-order valence-corrected chi connectivity index (χ2v) is 7.59. The van der Waals surface area contributed by atoms with Crippen molar-refractivity contribution in [3.8, 4) is 11.5 Å². The van der Waals surface area contributed by atoms with Gasteiger partial charge in [-0.1, -0.05) is 48.0 Å². The van der Waals surface area contributed by atoms with Crippen molar-refractivity contribution in [1.82, 2.24) is 15.5 Å². The molecule has 0 spiro atoms. The van der Waals surface area contributed by atoms with E-state index >= 15 is 0 Å². The predicted octanol–water partition coefficient (Wildman–Crippen LogP) is 4.90. The molecule has 1 N–H and O–H groups in total. The van der Waals surface area contributed by atoms with Gasteiger partial charge in [0.2, 0.25) is 17.7 Å². The molecular formula is C21H16ClN3O2S. The van der Waals surface area contributed by atoms with E-state index in [1.165, 1.54) is 0 Å². The molecular weight excluding hydrogens is 394 g/mol. The van der Waals surface area contributed by atoms with Crippen LogP contribution in [0.3, 0.4) is 0 Å². The van der Waals surface area contributed by atoms with Gasteiger partial charge < -0.3 is 9.73 Å². The summed E-state index contributed by atoms with van der Waals surface area (Å²) in [5.41, 5.74) is 1.63. The summed E-state index contributed by atoms with van der Waals surface area (Å²) in [6, 6.07) is 20.1. The van der Waals surface area contributed by atoms with E-state index in [1.54, 1.807) is 23.5 Å². The molecule has 2 aromatic heterocycles. The lowest BCUT2D eigenvalue weighted by molar-refractivity contribution is -0.121. The number of nitrogens with zero attached hydrogens (tertiary/aromatic N) is 2. The third kappa shape index (κ3) is 4.30. The maximum Gasteiger partial charge on any atom is 0.247 e. The average molecular weight is 410 g/mol. The van der Waals surface area contributed by atoms with Crippen LogP contribution in [0.5, 0.6) is 0 Å². The Morgan fingerprint density at radius 2 is 1.82 bits per heavy atom. The SMILES string of the molecule is O=C(Cc1cccs1)NC(c1ccccc1)c1nnc(-c2ccc(Cl)cc2)o1. The van der Waals surface area contributed by atoms with Gasteiger partial charge in [0.25, 0.3) is 0 Å². The van der Waals surface area contributed by atoms with Crippen molar-refractivity contribution in [3.63, 3.8) is 0 Å². The highest BCUT2D eigenvalue weighted by molar-refractivity contribution is 7.10. The summed E-state index contributed by atoms with van der Waals surface area (Å²) in [6.07, 6.45) is 0.305. The lowest BCUT2D eigenvalue weighted by atomic mass is 10.1. The molecule has 4 aromatic rings. The zero-order valence-corrected chi connectivity index (χ0v) is 16.3. The highest BCUT2D eigenvalue weighted by atomic mass is 35.5. The monoisotopic (exact) mass is 409 g/mol. The van der Waals surface area contributed by atoms with Crippen LogP contribution < -0.4 is 5.32 Å². The maximum atomic E-state index is 12.6. The predicted molar refractivity (Wildman–Crippen MR) is 109 cm³/mol. The van der Waals surface area contributed by atoms with Gasteiger partial charge in [-0.15, -0.1) is 21.5 Å². The number of nitrogens with one attached hydrogen (secondary N) is 1. The summed E-state index contributed by atoms with van der Waals surface area (Å²) in [5, 5.41) is 13.9. The van der Waals surface area contributed by atoms with Crippen LogP contribution in [0.25, 0.3) is 11.5 Å². The molecule has 28 heavy (non-hydrogen) atoms. The van der Waals surface area contributed by atoms with Gasteiger partial charge in [0.15, 0.2) is 0 Å². The van der Waals surface area contributed by atoms with Crippen molar-refractivity contribution in [2.24, 2.45) is 0 Å². The van der Waals surface area contributed by atoms with Crippen LogP contribution in [0.1, 0.15) is 22.4 Å². The molecule has 1 unspecified atom stereocenters. The number of aromatic nitrogens is 2. The fraction of sp³-hybridized carbons (Fsp3) is 0.0952. The van der Waals surface area contributed by atoms with E-state index in [9.17, 15) is 4.79 Å². The number of rotatable bonds is 6. The summed E-state index contributed by atoms with van der Waals surface area (Å²) >= 11 is 7.49. The Balaban J connectivity index is 1.60. The van der Waals surface area contributed by atoms with Gasteiger partial charge in [0, 0.05) is 15.5 Å². The van der Waals surface area contributed by atoms with Gasteiger partial charge in [-0.25, -0.2) is 0 Å². The van der Waals surface area contributed by atoms with Gasteiger partial charge in [-0.3, -0.25) is 4.79 Å². The van der Waals surface area contributed by atoms with Crippen molar-refractivity contribution >= 4 is 28.8 Å². The summed E-state index contributed by atoms with van der Waals surface area (Å²) in [7, 11) is 0. The molecule has 0 aliphatic carbocycles. The smallest absolute Gasteiger partial charge is 0.247 e. The van der Waals surface area contributed by atoms with Crippen LogP contribution in [-0.4, -0.2) is 16.1 Å². The zero-order valence-electron chi connectivity index (χ0n) is 14.7. The Morgan fingerprint density at radius 3 is 2.54 bits per heavy atom. The largest absolute Gasteiger partial charge is 0.418 e. The average Bonchev–Trinajstić information content (AvgIpc) is 3.40. The minimum absolute atomic E-state index is 0.109. The first-order valence-corrected chi connectivity index (χ1v) is 9.91. The van der Waals surface area contributed by atoms with Crippen LogP contribution in [0.2, 0.25) is 5.02 Å². The first-order chi connectivity index (χ1) is 13.7. The van der Waals surface area contributed by atoms with Crippen LogP contribution in [-0.2, 0) is 11.2 Å². The van der Waals surface area contributed by atoms with Crippen molar-refractivity contribution in [1.29, 1.82) is 0 Å². The number of carbonyl (C=O) groups excluding carboxylic acids is 1. The van der Waals surface area contributed by atoms with E-state index in [-0.39, 0.29) is 5.91 Å². The normalized spacial score (nSPS) is 11.9. The molecule has 7 heteroatoms. The van der Waals surface area contributed by atoms with Crippen LogP contribution in [0.4, 0.5) is 0 Å². The van der Waals surface area contributed by atoms with Crippen LogP contribution in [0, 0.1) is 0 Å². The third-order valence-corrected chi connectivity index (χ3v) is 5.26. The fourth-order valence-electron chi connectivity index (χ4n) is 2.78. The summed E-state index contributed by atoms with van der Waals surface area (Å²) in [6.45, 7) is 0. The maximum absolute atomic E-state index is 12.6. The number of carbonyl (C=O) groups is 1. The van der Waals surface area contributed by atoms with Crippen molar-refractivity contribution < 1.29 is 9.21 Å². The molecule has 2 heterocycles. The molecule has 0 aliphatic rings. The number of halogens is 1. The quantitative estimate of drug-likeness (QED) is 0.491. The van der Waals surface area contributed by atoms with E-state index < -0.39 is 6.04 Å². The molecule has 0 radical (unpaired) electrons. The van der Waals surface area contributed by atoms with Crippen molar-refractivity contribution in [2.45, 2.75) is 12.5 Å². The molecule has 140 valence electrons. The summed E-state index contributed by atoms with van der Waals surface area (Å²) in [4.78, 5) is 13.6. The Labute approximate surface area is 171 Å². The topological polar surface area (TPSA) is 68.0 Å². The first kappa shape index (κ1) is 18.4. The minimum Gasteiger partial charge on any atom is -0.418 e. The number of hydrogen-bond donors (Lipinski definition) is 1. The standard InChI is InChI=1S/C21H16ClN3O2S/c22-16-10-8-15(9-11-16)20-24-25-21(27-20)19(14-5-2-1-3-6-14)23-18(26)13-17-7-4-12-28-17/h1-12,19H,13H2,(H,23,26).